The zero-order valence-electron chi connectivity index (χ0n) is 11.3. The summed E-state index contributed by atoms with van der Waals surface area (Å²) in [6.45, 7) is 4.41. The maximum atomic E-state index is 12.2. The second kappa shape index (κ2) is 5.39. The molecule has 3 atom stereocenters. The summed E-state index contributed by atoms with van der Waals surface area (Å²) in [5.41, 5.74) is 0. The summed E-state index contributed by atoms with van der Waals surface area (Å²) in [6.07, 6.45) is 3.57. The fraction of sp³-hybridized carbons (Fsp3) is 0.857. The van der Waals surface area contributed by atoms with Gasteiger partial charge in [-0.15, -0.1) is 0 Å². The fourth-order valence-corrected chi connectivity index (χ4v) is 3.23. The molecule has 1 saturated heterocycles. The van der Waals surface area contributed by atoms with Crippen LogP contribution >= 0.6 is 0 Å². The molecule has 0 radical (unpaired) electrons. The number of likely N-dealkylation sites (tertiary alicyclic amines) is 1. The molecule has 1 saturated carbocycles. The topological polar surface area (TPSA) is 57.6 Å². The van der Waals surface area contributed by atoms with Crippen molar-refractivity contribution in [1.29, 1.82) is 0 Å². The summed E-state index contributed by atoms with van der Waals surface area (Å²) in [5, 5.41) is 9.52. The third-order valence-electron chi connectivity index (χ3n) is 4.56. The minimum absolute atomic E-state index is 0.00394. The van der Waals surface area contributed by atoms with Gasteiger partial charge >= 0.3 is 0 Å². The largest absolute Gasteiger partial charge is 0.393 e. The van der Waals surface area contributed by atoms with Gasteiger partial charge in [-0.2, -0.15) is 0 Å². The van der Waals surface area contributed by atoms with E-state index < -0.39 is 6.10 Å². The van der Waals surface area contributed by atoms with Crippen LogP contribution in [0.5, 0.6) is 0 Å². The molecule has 0 aromatic heterocycles. The van der Waals surface area contributed by atoms with Crippen LogP contribution in [0.4, 0.5) is 0 Å². The van der Waals surface area contributed by atoms with Gasteiger partial charge in [-0.25, -0.2) is 0 Å². The Bertz CT molecular complexity index is 318. The number of hydrogen-bond donors (Lipinski definition) is 1. The maximum absolute atomic E-state index is 12.2. The predicted octanol–water partition coefficient (Wildman–Crippen LogP) is 1.57. The Balaban J connectivity index is 1.96. The average molecular weight is 253 g/mol. The molecule has 18 heavy (non-hydrogen) atoms. The van der Waals surface area contributed by atoms with E-state index in [0.29, 0.717) is 25.3 Å². The summed E-state index contributed by atoms with van der Waals surface area (Å²) in [4.78, 5) is 25.8. The van der Waals surface area contributed by atoms with Gasteiger partial charge in [0.2, 0.25) is 11.8 Å². The van der Waals surface area contributed by atoms with Gasteiger partial charge in [0.1, 0.15) is 0 Å². The van der Waals surface area contributed by atoms with E-state index in [0.717, 1.165) is 19.3 Å². The van der Waals surface area contributed by atoms with E-state index >= 15 is 0 Å². The molecule has 2 rings (SSSR count). The summed E-state index contributed by atoms with van der Waals surface area (Å²) in [5.74, 6) is 0.409. The highest BCUT2D eigenvalue weighted by Gasteiger charge is 2.51. The number of aliphatic hydroxyl groups is 1. The van der Waals surface area contributed by atoms with E-state index in [4.69, 9.17) is 0 Å². The van der Waals surface area contributed by atoms with Crippen molar-refractivity contribution in [3.8, 4) is 0 Å². The second-order valence-corrected chi connectivity index (χ2v) is 5.64. The van der Waals surface area contributed by atoms with Crippen molar-refractivity contribution in [3.05, 3.63) is 0 Å². The SMILES string of the molecule is CCC(O)CCN1C(=O)C2CC(CC)CC2C1=O. The summed E-state index contributed by atoms with van der Waals surface area (Å²) >= 11 is 0. The Morgan fingerprint density at radius 2 is 1.78 bits per heavy atom. The molecule has 0 aromatic rings. The molecule has 2 aliphatic rings. The normalized spacial score (nSPS) is 33.1. The Labute approximate surface area is 108 Å². The van der Waals surface area contributed by atoms with Crippen LogP contribution < -0.4 is 0 Å². The number of imide groups is 1. The first-order valence-electron chi connectivity index (χ1n) is 7.11. The zero-order valence-corrected chi connectivity index (χ0v) is 11.3. The predicted molar refractivity (Wildman–Crippen MR) is 67.6 cm³/mol. The number of rotatable bonds is 5. The lowest BCUT2D eigenvalue weighted by atomic mass is 10.00. The molecule has 102 valence electrons. The van der Waals surface area contributed by atoms with E-state index in [1.54, 1.807) is 0 Å². The first-order chi connectivity index (χ1) is 8.58. The fourth-order valence-electron chi connectivity index (χ4n) is 3.23. The van der Waals surface area contributed by atoms with Gasteiger partial charge < -0.3 is 5.11 Å². The lowest BCUT2D eigenvalue weighted by molar-refractivity contribution is -0.140. The molecule has 1 aliphatic carbocycles. The average Bonchev–Trinajstić information content (AvgIpc) is 2.89. The van der Waals surface area contributed by atoms with Crippen molar-refractivity contribution in [3.63, 3.8) is 0 Å². The van der Waals surface area contributed by atoms with Crippen LogP contribution in [0.3, 0.4) is 0 Å². The van der Waals surface area contributed by atoms with E-state index in [1.165, 1.54) is 4.90 Å². The van der Waals surface area contributed by atoms with Crippen LogP contribution in [0.2, 0.25) is 0 Å². The van der Waals surface area contributed by atoms with Crippen molar-refractivity contribution in [1.82, 2.24) is 4.90 Å². The number of nitrogens with zero attached hydrogens (tertiary/aromatic N) is 1. The first-order valence-corrected chi connectivity index (χ1v) is 7.11. The third-order valence-corrected chi connectivity index (χ3v) is 4.56. The minimum atomic E-state index is -0.408. The Hall–Kier alpha value is -0.900. The molecule has 1 aliphatic heterocycles. The van der Waals surface area contributed by atoms with E-state index in [1.807, 2.05) is 6.92 Å². The molecule has 3 unspecified atom stereocenters. The van der Waals surface area contributed by atoms with Crippen molar-refractivity contribution >= 4 is 11.8 Å². The highest BCUT2D eigenvalue weighted by Crippen LogP contribution is 2.44. The van der Waals surface area contributed by atoms with Crippen LogP contribution in [0.1, 0.15) is 46.0 Å². The van der Waals surface area contributed by atoms with Gasteiger partial charge in [0.25, 0.3) is 0 Å². The Morgan fingerprint density at radius 3 is 2.22 bits per heavy atom. The summed E-state index contributed by atoms with van der Waals surface area (Å²) in [7, 11) is 0. The minimum Gasteiger partial charge on any atom is -0.393 e. The smallest absolute Gasteiger partial charge is 0.233 e. The molecule has 0 spiro atoms. The van der Waals surface area contributed by atoms with Gasteiger partial charge in [-0.1, -0.05) is 20.3 Å². The molecule has 0 aromatic carbocycles. The molecule has 0 bridgehead atoms. The molecule has 2 amide bonds. The van der Waals surface area contributed by atoms with Gasteiger partial charge in [0.15, 0.2) is 0 Å². The second-order valence-electron chi connectivity index (χ2n) is 5.64. The monoisotopic (exact) mass is 253 g/mol. The van der Waals surface area contributed by atoms with Crippen LogP contribution in [-0.2, 0) is 9.59 Å². The van der Waals surface area contributed by atoms with Gasteiger partial charge in [0.05, 0.1) is 17.9 Å². The Kier molecular flexibility index (Phi) is 4.05. The van der Waals surface area contributed by atoms with Crippen molar-refractivity contribution in [2.24, 2.45) is 17.8 Å². The van der Waals surface area contributed by atoms with Crippen LogP contribution in [0.25, 0.3) is 0 Å². The number of amides is 2. The molecule has 1 N–H and O–H groups in total. The Morgan fingerprint density at radius 1 is 1.22 bits per heavy atom. The zero-order chi connectivity index (χ0) is 13.3. The molecule has 4 nitrogen and oxygen atoms in total. The van der Waals surface area contributed by atoms with Crippen molar-refractivity contribution < 1.29 is 14.7 Å². The third kappa shape index (κ3) is 2.30. The highest BCUT2D eigenvalue weighted by atomic mass is 16.3. The van der Waals surface area contributed by atoms with Crippen LogP contribution in [0.15, 0.2) is 0 Å². The number of carbonyl (C=O) groups excluding carboxylic acids is 2. The van der Waals surface area contributed by atoms with Crippen LogP contribution in [0, 0.1) is 17.8 Å². The van der Waals surface area contributed by atoms with Crippen LogP contribution in [-0.4, -0.2) is 34.5 Å². The number of fused-ring (bicyclic) bond motifs is 1. The highest BCUT2D eigenvalue weighted by molar-refractivity contribution is 6.05. The molecular weight excluding hydrogens is 230 g/mol. The van der Waals surface area contributed by atoms with E-state index in [9.17, 15) is 14.7 Å². The summed E-state index contributed by atoms with van der Waals surface area (Å²) < 4.78 is 0. The molecular formula is C14H23NO3. The van der Waals surface area contributed by atoms with Gasteiger partial charge in [-0.05, 0) is 31.6 Å². The van der Waals surface area contributed by atoms with Crippen molar-refractivity contribution in [2.75, 3.05) is 6.54 Å². The maximum Gasteiger partial charge on any atom is 0.233 e. The standard InChI is InChI=1S/C14H23NO3/c1-3-9-7-11-12(8-9)14(18)15(13(11)17)6-5-10(16)4-2/h9-12,16H,3-8H2,1-2H3. The van der Waals surface area contributed by atoms with E-state index in [2.05, 4.69) is 6.92 Å². The lowest BCUT2D eigenvalue weighted by Crippen LogP contribution is -2.34. The van der Waals surface area contributed by atoms with Crippen molar-refractivity contribution in [2.45, 2.75) is 52.1 Å². The molecule has 2 fully saturated rings. The summed E-state index contributed by atoms with van der Waals surface area (Å²) in [6, 6.07) is 0. The quantitative estimate of drug-likeness (QED) is 0.757. The number of carbonyl (C=O) groups is 2. The van der Waals surface area contributed by atoms with Gasteiger partial charge in [-0.3, -0.25) is 14.5 Å². The van der Waals surface area contributed by atoms with E-state index in [-0.39, 0.29) is 23.7 Å². The molecule has 1 heterocycles. The molecule has 4 heteroatoms. The number of hydrogen-bond acceptors (Lipinski definition) is 3. The number of aliphatic hydroxyl groups excluding tert-OH is 1. The first kappa shape index (κ1) is 13.5. The lowest BCUT2D eigenvalue weighted by Gasteiger charge is -2.18. The van der Waals surface area contributed by atoms with Gasteiger partial charge in [0, 0.05) is 6.54 Å².